The van der Waals surface area contributed by atoms with Gasteiger partial charge in [0.25, 0.3) is 0 Å². The molecule has 1 aromatic heterocycles. The van der Waals surface area contributed by atoms with Gasteiger partial charge >= 0.3 is 0 Å². The molecular weight excluding hydrogens is 216 g/mol. The van der Waals surface area contributed by atoms with Crippen molar-refractivity contribution < 1.29 is 4.74 Å². The lowest BCUT2D eigenvalue weighted by atomic mass is 10.1. The fraction of sp³-hybridized carbons (Fsp3) is 0.308. The largest absolute Gasteiger partial charge is 0.378 e. The number of hydrogen-bond donors (Lipinski definition) is 1. The Labute approximate surface area is 99.8 Å². The monoisotopic (exact) mass is 232 g/mol. The lowest BCUT2D eigenvalue weighted by molar-refractivity contribution is 0.181. The number of pyridine rings is 1. The van der Waals surface area contributed by atoms with Crippen molar-refractivity contribution in [1.29, 1.82) is 0 Å². The van der Waals surface area contributed by atoms with Crippen LogP contribution < -0.4 is 10.3 Å². The van der Waals surface area contributed by atoms with Gasteiger partial charge in [0, 0.05) is 49.6 Å². The van der Waals surface area contributed by atoms with Crippen molar-refractivity contribution in [1.82, 2.24) is 4.98 Å². The molecule has 0 aliphatic rings. The molecule has 1 N–H and O–H groups in total. The van der Waals surface area contributed by atoms with Crippen LogP contribution >= 0.6 is 0 Å². The number of hydrogen-bond acceptors (Lipinski definition) is 3. The first-order chi connectivity index (χ1) is 8.11. The molecule has 2 aromatic rings. The van der Waals surface area contributed by atoms with Gasteiger partial charge < -0.3 is 14.6 Å². The number of benzene rings is 1. The number of aromatic amines is 1. The molecule has 0 spiro atoms. The highest BCUT2D eigenvalue weighted by atomic mass is 16.5. The maximum atomic E-state index is 12.0. The maximum Gasteiger partial charge on any atom is 0.189 e. The summed E-state index contributed by atoms with van der Waals surface area (Å²) in [5.74, 6) is 0. The van der Waals surface area contributed by atoms with Crippen molar-refractivity contribution in [2.45, 2.75) is 6.61 Å². The number of nitrogens with zero attached hydrogens (tertiary/aromatic N) is 1. The van der Waals surface area contributed by atoms with E-state index in [1.54, 1.807) is 13.2 Å². The minimum absolute atomic E-state index is 0.0227. The van der Waals surface area contributed by atoms with Crippen LogP contribution in [0.15, 0.2) is 29.1 Å². The highest BCUT2D eigenvalue weighted by molar-refractivity contribution is 5.82. The maximum absolute atomic E-state index is 12.0. The Morgan fingerprint density at radius 2 is 2.06 bits per heavy atom. The standard InChI is InChI=1S/C13H16N2O2/c1-15(2)10-4-5-12-11(7-10)13(16)6-9(14-12)8-17-3/h4-7H,8H2,1-3H3,(H,14,16). The van der Waals surface area contributed by atoms with Gasteiger partial charge in [0.05, 0.1) is 6.61 Å². The first kappa shape index (κ1) is 11.7. The second kappa shape index (κ2) is 4.59. The van der Waals surface area contributed by atoms with Crippen LogP contribution in [0.1, 0.15) is 5.69 Å². The number of H-pyrrole nitrogens is 1. The van der Waals surface area contributed by atoms with Crippen molar-refractivity contribution in [3.8, 4) is 0 Å². The van der Waals surface area contributed by atoms with Crippen molar-refractivity contribution in [3.63, 3.8) is 0 Å². The summed E-state index contributed by atoms with van der Waals surface area (Å²) >= 11 is 0. The number of aromatic nitrogens is 1. The molecule has 1 heterocycles. The molecule has 0 aliphatic heterocycles. The third kappa shape index (κ3) is 2.31. The lowest BCUT2D eigenvalue weighted by Gasteiger charge is -2.13. The predicted molar refractivity (Wildman–Crippen MR) is 69.6 cm³/mol. The van der Waals surface area contributed by atoms with Gasteiger partial charge in [-0.1, -0.05) is 0 Å². The first-order valence-corrected chi connectivity index (χ1v) is 5.44. The van der Waals surface area contributed by atoms with E-state index in [9.17, 15) is 4.79 Å². The minimum Gasteiger partial charge on any atom is -0.378 e. The summed E-state index contributed by atoms with van der Waals surface area (Å²) in [5.41, 5.74) is 2.68. The first-order valence-electron chi connectivity index (χ1n) is 5.44. The molecular formula is C13H16N2O2. The Morgan fingerprint density at radius 1 is 1.29 bits per heavy atom. The van der Waals surface area contributed by atoms with Gasteiger partial charge in [-0.05, 0) is 18.2 Å². The molecule has 0 atom stereocenters. The van der Waals surface area contributed by atoms with Gasteiger partial charge in [-0.3, -0.25) is 4.79 Å². The SMILES string of the molecule is COCc1cc(=O)c2cc(N(C)C)ccc2[nH]1. The topological polar surface area (TPSA) is 45.3 Å². The average molecular weight is 232 g/mol. The van der Waals surface area contributed by atoms with E-state index in [0.29, 0.717) is 12.0 Å². The highest BCUT2D eigenvalue weighted by Crippen LogP contribution is 2.17. The normalized spacial score (nSPS) is 10.8. The summed E-state index contributed by atoms with van der Waals surface area (Å²) in [6.45, 7) is 0.417. The smallest absolute Gasteiger partial charge is 0.189 e. The van der Waals surface area contributed by atoms with Crippen molar-refractivity contribution >= 4 is 16.6 Å². The van der Waals surface area contributed by atoms with Gasteiger partial charge in [-0.25, -0.2) is 0 Å². The molecule has 4 heteroatoms. The molecule has 0 amide bonds. The number of methoxy groups -OCH3 is 1. The summed E-state index contributed by atoms with van der Waals surface area (Å²) < 4.78 is 5.02. The van der Waals surface area contributed by atoms with Crippen LogP contribution in [0.5, 0.6) is 0 Å². The quantitative estimate of drug-likeness (QED) is 0.876. The van der Waals surface area contributed by atoms with Gasteiger partial charge in [-0.2, -0.15) is 0 Å². The Morgan fingerprint density at radius 3 is 2.71 bits per heavy atom. The van der Waals surface area contributed by atoms with Crippen LogP contribution in [0.3, 0.4) is 0 Å². The van der Waals surface area contributed by atoms with Crippen molar-refractivity contribution in [3.05, 3.63) is 40.2 Å². The number of fused-ring (bicyclic) bond motifs is 1. The molecule has 1 aromatic carbocycles. The Kier molecular flexibility index (Phi) is 3.15. The zero-order valence-electron chi connectivity index (χ0n) is 10.3. The van der Waals surface area contributed by atoms with Crippen LogP contribution in [-0.4, -0.2) is 26.2 Å². The number of anilines is 1. The molecule has 0 bridgehead atoms. The molecule has 0 saturated carbocycles. The molecule has 0 fully saturated rings. The summed E-state index contributed by atoms with van der Waals surface area (Å²) in [5, 5.41) is 0.705. The van der Waals surface area contributed by atoms with E-state index in [2.05, 4.69) is 4.98 Å². The lowest BCUT2D eigenvalue weighted by Crippen LogP contribution is -2.11. The van der Waals surface area contributed by atoms with Crippen molar-refractivity contribution in [2.75, 3.05) is 26.1 Å². The van der Waals surface area contributed by atoms with Crippen LogP contribution in [0, 0.1) is 0 Å². The molecule has 0 unspecified atom stereocenters. The second-order valence-electron chi connectivity index (χ2n) is 4.22. The second-order valence-corrected chi connectivity index (χ2v) is 4.22. The third-order valence-electron chi connectivity index (χ3n) is 2.69. The molecule has 2 rings (SSSR count). The fourth-order valence-electron chi connectivity index (χ4n) is 1.80. The van der Waals surface area contributed by atoms with E-state index >= 15 is 0 Å². The van der Waals surface area contributed by atoms with E-state index in [1.165, 1.54) is 0 Å². The van der Waals surface area contributed by atoms with Crippen LogP contribution in [0.4, 0.5) is 5.69 Å². The Bertz CT molecular complexity index is 587. The van der Waals surface area contributed by atoms with E-state index in [1.807, 2.05) is 37.2 Å². The summed E-state index contributed by atoms with van der Waals surface area (Å²) in [6, 6.07) is 7.39. The third-order valence-corrected chi connectivity index (χ3v) is 2.69. The summed E-state index contributed by atoms with van der Waals surface area (Å²) in [4.78, 5) is 17.1. The molecule has 0 aliphatic carbocycles. The van der Waals surface area contributed by atoms with Crippen LogP contribution in [-0.2, 0) is 11.3 Å². The average Bonchev–Trinajstić information content (AvgIpc) is 2.29. The summed E-state index contributed by atoms with van der Waals surface area (Å²) in [7, 11) is 5.51. The van der Waals surface area contributed by atoms with Crippen molar-refractivity contribution in [2.24, 2.45) is 0 Å². The van der Waals surface area contributed by atoms with E-state index < -0.39 is 0 Å². The van der Waals surface area contributed by atoms with E-state index in [0.717, 1.165) is 16.9 Å². The zero-order valence-corrected chi connectivity index (χ0v) is 10.3. The highest BCUT2D eigenvalue weighted by Gasteiger charge is 2.04. The van der Waals surface area contributed by atoms with Crippen LogP contribution in [0.25, 0.3) is 10.9 Å². The number of rotatable bonds is 3. The molecule has 17 heavy (non-hydrogen) atoms. The van der Waals surface area contributed by atoms with E-state index in [-0.39, 0.29) is 5.43 Å². The number of ether oxygens (including phenoxy) is 1. The zero-order chi connectivity index (χ0) is 12.4. The minimum atomic E-state index is 0.0227. The Hall–Kier alpha value is -1.81. The summed E-state index contributed by atoms with van der Waals surface area (Å²) in [6.07, 6.45) is 0. The predicted octanol–water partition coefficient (Wildman–Crippen LogP) is 1.74. The van der Waals surface area contributed by atoms with Gasteiger partial charge in [0.2, 0.25) is 0 Å². The number of nitrogens with one attached hydrogen (secondary N) is 1. The molecule has 0 saturated heterocycles. The van der Waals surface area contributed by atoms with Gasteiger partial charge in [0.1, 0.15) is 0 Å². The van der Waals surface area contributed by atoms with E-state index in [4.69, 9.17) is 4.74 Å². The van der Waals surface area contributed by atoms with Gasteiger partial charge in [-0.15, -0.1) is 0 Å². The molecule has 4 nitrogen and oxygen atoms in total. The van der Waals surface area contributed by atoms with Gasteiger partial charge in [0.15, 0.2) is 5.43 Å². The Balaban J connectivity index is 2.60. The molecule has 0 radical (unpaired) electrons. The fourth-order valence-corrected chi connectivity index (χ4v) is 1.80. The molecule has 90 valence electrons. The van der Waals surface area contributed by atoms with Crippen LogP contribution in [0.2, 0.25) is 0 Å².